The summed E-state index contributed by atoms with van der Waals surface area (Å²) in [6.07, 6.45) is 3.62. The number of anilines is 1. The predicted molar refractivity (Wildman–Crippen MR) is 106 cm³/mol. The quantitative estimate of drug-likeness (QED) is 0.790. The molecule has 1 aromatic carbocycles. The predicted octanol–water partition coefficient (Wildman–Crippen LogP) is 2.78. The molecule has 1 saturated carbocycles. The van der Waals surface area contributed by atoms with Crippen LogP contribution >= 0.6 is 0 Å². The molecule has 2 aliphatic rings. The summed E-state index contributed by atoms with van der Waals surface area (Å²) in [5, 5.41) is 8.44. The standard InChI is InChI=1S/C21H27N3O4/c1-13-8-9-14(2)18(12-13)24-19(25)11-10-17(23-24)21(27)28-15(3)20(26)22-16-6-4-5-7-16/h8-9,12,15-16H,4-7,10-11H2,1-3H3,(H,22,26). The van der Waals surface area contributed by atoms with Crippen LogP contribution in [0.3, 0.4) is 0 Å². The molecule has 2 amide bonds. The van der Waals surface area contributed by atoms with Gasteiger partial charge in [-0.1, -0.05) is 25.0 Å². The molecule has 1 aromatic rings. The van der Waals surface area contributed by atoms with E-state index in [0.717, 1.165) is 36.8 Å². The lowest BCUT2D eigenvalue weighted by Crippen LogP contribution is -2.42. The van der Waals surface area contributed by atoms with Gasteiger partial charge in [-0.3, -0.25) is 9.59 Å². The van der Waals surface area contributed by atoms with E-state index in [1.54, 1.807) is 6.92 Å². The first-order valence-electron chi connectivity index (χ1n) is 9.84. The third-order valence-electron chi connectivity index (χ3n) is 5.22. The van der Waals surface area contributed by atoms with Gasteiger partial charge in [-0.05, 0) is 50.8 Å². The van der Waals surface area contributed by atoms with Gasteiger partial charge in [0.15, 0.2) is 6.10 Å². The number of hydrogen-bond donors (Lipinski definition) is 1. The number of hydrogen-bond acceptors (Lipinski definition) is 5. The maximum absolute atomic E-state index is 12.5. The number of nitrogens with one attached hydrogen (secondary N) is 1. The van der Waals surface area contributed by atoms with Crippen molar-refractivity contribution in [1.29, 1.82) is 0 Å². The first-order chi connectivity index (χ1) is 13.3. The second kappa shape index (κ2) is 8.54. The fraction of sp³-hybridized carbons (Fsp3) is 0.524. The van der Waals surface area contributed by atoms with Crippen LogP contribution in [0.15, 0.2) is 23.3 Å². The van der Waals surface area contributed by atoms with Crippen molar-refractivity contribution in [2.75, 3.05) is 5.01 Å². The van der Waals surface area contributed by atoms with E-state index in [4.69, 9.17) is 4.74 Å². The van der Waals surface area contributed by atoms with Crippen molar-refractivity contribution in [3.63, 3.8) is 0 Å². The zero-order valence-corrected chi connectivity index (χ0v) is 16.7. The Kier molecular flexibility index (Phi) is 6.11. The van der Waals surface area contributed by atoms with Crippen molar-refractivity contribution < 1.29 is 19.1 Å². The monoisotopic (exact) mass is 385 g/mol. The highest BCUT2D eigenvalue weighted by molar-refractivity contribution is 6.38. The van der Waals surface area contributed by atoms with Gasteiger partial charge in [0.05, 0.1) is 5.69 Å². The van der Waals surface area contributed by atoms with E-state index < -0.39 is 12.1 Å². The molecule has 1 aliphatic carbocycles. The van der Waals surface area contributed by atoms with Gasteiger partial charge in [-0.25, -0.2) is 4.79 Å². The molecule has 1 heterocycles. The Hall–Kier alpha value is -2.70. The lowest BCUT2D eigenvalue weighted by atomic mass is 10.1. The summed E-state index contributed by atoms with van der Waals surface area (Å²) in [5.74, 6) is -1.12. The molecule has 0 spiro atoms. The van der Waals surface area contributed by atoms with Gasteiger partial charge in [0.25, 0.3) is 5.91 Å². The molecule has 7 nitrogen and oxygen atoms in total. The Morgan fingerprint density at radius 2 is 1.93 bits per heavy atom. The molecule has 3 rings (SSSR count). The molecular weight excluding hydrogens is 358 g/mol. The largest absolute Gasteiger partial charge is 0.448 e. The number of ether oxygens (including phenoxy) is 1. The third-order valence-corrected chi connectivity index (χ3v) is 5.22. The minimum atomic E-state index is -0.900. The van der Waals surface area contributed by atoms with E-state index in [9.17, 15) is 14.4 Å². The molecule has 0 radical (unpaired) electrons. The summed E-state index contributed by atoms with van der Waals surface area (Å²) in [4.78, 5) is 37.1. The van der Waals surface area contributed by atoms with Crippen molar-refractivity contribution >= 4 is 29.2 Å². The van der Waals surface area contributed by atoms with E-state index in [0.29, 0.717) is 5.69 Å². The number of aryl methyl sites for hydroxylation is 2. The smallest absolute Gasteiger partial charge is 0.355 e. The number of carbonyl (C=O) groups is 3. The lowest BCUT2D eigenvalue weighted by molar-refractivity contribution is -0.149. The minimum absolute atomic E-state index is 0.154. The first kappa shape index (κ1) is 20.0. The van der Waals surface area contributed by atoms with E-state index in [1.807, 2.05) is 32.0 Å². The molecule has 150 valence electrons. The van der Waals surface area contributed by atoms with E-state index in [2.05, 4.69) is 10.4 Å². The fourth-order valence-electron chi connectivity index (χ4n) is 3.51. The number of benzene rings is 1. The molecule has 1 aliphatic heterocycles. The molecule has 1 atom stereocenters. The first-order valence-corrected chi connectivity index (χ1v) is 9.84. The zero-order valence-electron chi connectivity index (χ0n) is 16.7. The topological polar surface area (TPSA) is 88.1 Å². The van der Waals surface area contributed by atoms with Gasteiger partial charge in [0.2, 0.25) is 5.91 Å². The molecule has 1 fully saturated rings. The van der Waals surface area contributed by atoms with Gasteiger partial charge in [0.1, 0.15) is 5.71 Å². The Balaban J connectivity index is 1.69. The van der Waals surface area contributed by atoms with Gasteiger partial charge < -0.3 is 10.1 Å². The Morgan fingerprint density at radius 1 is 1.21 bits per heavy atom. The highest BCUT2D eigenvalue weighted by atomic mass is 16.5. The summed E-state index contributed by atoms with van der Waals surface area (Å²) >= 11 is 0. The van der Waals surface area contributed by atoms with Crippen molar-refractivity contribution in [2.45, 2.75) is 71.4 Å². The van der Waals surface area contributed by atoms with Gasteiger partial charge in [0, 0.05) is 18.9 Å². The molecule has 1 N–H and O–H groups in total. The maximum atomic E-state index is 12.5. The molecule has 0 saturated heterocycles. The number of hydrazone groups is 1. The molecule has 0 aromatic heterocycles. The van der Waals surface area contributed by atoms with Crippen molar-refractivity contribution in [3.8, 4) is 0 Å². The third kappa shape index (κ3) is 4.58. The Labute approximate surface area is 165 Å². The van der Waals surface area contributed by atoms with Gasteiger partial charge >= 0.3 is 5.97 Å². The summed E-state index contributed by atoms with van der Waals surface area (Å²) in [6, 6.07) is 5.90. The normalized spacial score (nSPS) is 18.6. The van der Waals surface area contributed by atoms with Crippen LogP contribution in [0.25, 0.3) is 0 Å². The van der Waals surface area contributed by atoms with E-state index >= 15 is 0 Å². The Morgan fingerprint density at radius 3 is 2.64 bits per heavy atom. The van der Waals surface area contributed by atoms with Crippen LogP contribution in [0.4, 0.5) is 5.69 Å². The van der Waals surface area contributed by atoms with Crippen molar-refractivity contribution in [1.82, 2.24) is 5.32 Å². The summed E-state index contributed by atoms with van der Waals surface area (Å²) in [7, 11) is 0. The molecule has 7 heteroatoms. The summed E-state index contributed by atoms with van der Waals surface area (Å²) < 4.78 is 5.32. The van der Waals surface area contributed by atoms with Crippen LogP contribution in [0, 0.1) is 13.8 Å². The van der Waals surface area contributed by atoms with Crippen LogP contribution in [-0.2, 0) is 19.1 Å². The summed E-state index contributed by atoms with van der Waals surface area (Å²) in [6.45, 7) is 5.37. The van der Waals surface area contributed by atoms with Crippen LogP contribution in [-0.4, -0.2) is 35.6 Å². The van der Waals surface area contributed by atoms with Crippen LogP contribution in [0.2, 0.25) is 0 Å². The molecular formula is C21H27N3O4. The summed E-state index contributed by atoms with van der Waals surface area (Å²) in [5.41, 5.74) is 2.69. The average molecular weight is 385 g/mol. The maximum Gasteiger partial charge on any atom is 0.355 e. The van der Waals surface area contributed by atoms with E-state index in [1.165, 1.54) is 5.01 Å². The van der Waals surface area contributed by atoms with Crippen LogP contribution in [0.1, 0.15) is 56.6 Å². The Bertz CT molecular complexity index is 812. The number of nitrogens with zero attached hydrogens (tertiary/aromatic N) is 2. The number of amides is 2. The number of esters is 1. The number of rotatable bonds is 5. The van der Waals surface area contributed by atoms with E-state index in [-0.39, 0.29) is 36.4 Å². The highest BCUT2D eigenvalue weighted by Gasteiger charge is 2.30. The van der Waals surface area contributed by atoms with Crippen LogP contribution in [0.5, 0.6) is 0 Å². The average Bonchev–Trinajstić information content (AvgIpc) is 3.17. The van der Waals surface area contributed by atoms with Gasteiger partial charge in [-0.2, -0.15) is 10.1 Å². The highest BCUT2D eigenvalue weighted by Crippen LogP contribution is 2.25. The van der Waals surface area contributed by atoms with Crippen molar-refractivity contribution in [3.05, 3.63) is 29.3 Å². The minimum Gasteiger partial charge on any atom is -0.448 e. The molecule has 0 bridgehead atoms. The lowest BCUT2D eigenvalue weighted by Gasteiger charge is -2.25. The molecule has 1 unspecified atom stereocenters. The molecule has 28 heavy (non-hydrogen) atoms. The second-order valence-electron chi connectivity index (χ2n) is 7.58. The van der Waals surface area contributed by atoms with Gasteiger partial charge in [-0.15, -0.1) is 0 Å². The SMILES string of the molecule is Cc1ccc(C)c(N2N=C(C(=O)OC(C)C(=O)NC3CCCC3)CCC2=O)c1. The number of carbonyl (C=O) groups excluding carboxylic acids is 3. The van der Waals surface area contributed by atoms with Crippen LogP contribution < -0.4 is 10.3 Å². The zero-order chi connectivity index (χ0) is 20.3. The second-order valence-corrected chi connectivity index (χ2v) is 7.58. The fourth-order valence-corrected chi connectivity index (χ4v) is 3.51. The van der Waals surface area contributed by atoms with Crippen molar-refractivity contribution in [2.24, 2.45) is 5.10 Å².